The Hall–Kier alpha value is -0.740. The summed E-state index contributed by atoms with van der Waals surface area (Å²) < 4.78 is 0. The number of carboxylic acid groups (broad SMARTS) is 1. The lowest BCUT2D eigenvalue weighted by Crippen LogP contribution is -2.38. The molecule has 0 saturated heterocycles. The standard InChI is InChI=1S/C21H39NO2S/c1-2-3-4-5-6-7-8-9-10-11-12-13-14-15-16-17-18-22-20(19-25)21(23)24/h6-7,9-10,20,22,25H,2-5,8,11-19H2,1H3,(H,23,24)/b7-6-,10-9-/t20-/m0/s1. The predicted molar refractivity (Wildman–Crippen MR) is 113 cm³/mol. The second-order valence-corrected chi connectivity index (χ2v) is 6.98. The van der Waals surface area contributed by atoms with E-state index in [1.807, 2.05) is 0 Å². The Kier molecular flexibility index (Phi) is 19.0. The third-order valence-electron chi connectivity index (χ3n) is 4.25. The van der Waals surface area contributed by atoms with Gasteiger partial charge in [0, 0.05) is 5.75 Å². The molecule has 0 saturated carbocycles. The van der Waals surface area contributed by atoms with Gasteiger partial charge in [-0.25, -0.2) is 0 Å². The third kappa shape index (κ3) is 17.9. The minimum atomic E-state index is -0.810. The molecule has 0 aromatic heterocycles. The zero-order chi connectivity index (χ0) is 18.6. The normalized spacial score (nSPS) is 13.0. The summed E-state index contributed by atoms with van der Waals surface area (Å²) in [6.45, 7) is 3.01. The van der Waals surface area contributed by atoms with Crippen LogP contribution in [-0.4, -0.2) is 29.4 Å². The first-order chi connectivity index (χ1) is 12.2. The van der Waals surface area contributed by atoms with Crippen molar-refractivity contribution >= 4 is 18.6 Å². The average molecular weight is 370 g/mol. The van der Waals surface area contributed by atoms with Crippen LogP contribution in [0.25, 0.3) is 0 Å². The minimum Gasteiger partial charge on any atom is -0.480 e. The highest BCUT2D eigenvalue weighted by Crippen LogP contribution is 2.08. The molecule has 4 heteroatoms. The average Bonchev–Trinajstić information content (AvgIpc) is 2.60. The summed E-state index contributed by atoms with van der Waals surface area (Å²) in [4.78, 5) is 10.8. The highest BCUT2D eigenvalue weighted by atomic mass is 32.1. The second-order valence-electron chi connectivity index (χ2n) is 6.61. The maximum atomic E-state index is 10.8. The number of thiol groups is 1. The van der Waals surface area contributed by atoms with Crippen molar-refractivity contribution < 1.29 is 9.90 Å². The molecule has 0 heterocycles. The number of unbranched alkanes of at least 4 members (excludes halogenated alkanes) is 9. The van der Waals surface area contributed by atoms with Crippen LogP contribution in [-0.2, 0) is 4.79 Å². The fourth-order valence-corrected chi connectivity index (χ4v) is 2.90. The smallest absolute Gasteiger partial charge is 0.321 e. The lowest BCUT2D eigenvalue weighted by atomic mass is 10.1. The van der Waals surface area contributed by atoms with Gasteiger partial charge in [0.25, 0.3) is 0 Å². The monoisotopic (exact) mass is 369 g/mol. The summed E-state index contributed by atoms with van der Waals surface area (Å²) in [5.41, 5.74) is 0. The van der Waals surface area contributed by atoms with Crippen LogP contribution < -0.4 is 5.32 Å². The molecule has 0 amide bonds. The Morgan fingerprint density at radius 3 is 2.04 bits per heavy atom. The third-order valence-corrected chi connectivity index (χ3v) is 4.61. The fraction of sp³-hybridized carbons (Fsp3) is 0.762. The van der Waals surface area contributed by atoms with Crippen molar-refractivity contribution in [1.29, 1.82) is 0 Å². The van der Waals surface area contributed by atoms with Crippen LogP contribution >= 0.6 is 12.6 Å². The predicted octanol–water partition coefficient (Wildman–Crippen LogP) is 5.77. The van der Waals surface area contributed by atoms with Gasteiger partial charge in [0.1, 0.15) is 6.04 Å². The van der Waals surface area contributed by atoms with Crippen molar-refractivity contribution in [2.45, 2.75) is 90.0 Å². The molecule has 0 rings (SSSR count). The van der Waals surface area contributed by atoms with Crippen LogP contribution in [0.15, 0.2) is 24.3 Å². The molecule has 25 heavy (non-hydrogen) atoms. The largest absolute Gasteiger partial charge is 0.480 e. The summed E-state index contributed by atoms with van der Waals surface area (Å²) in [5, 5.41) is 11.9. The number of nitrogens with one attached hydrogen (secondary N) is 1. The molecule has 0 fully saturated rings. The molecule has 0 aliphatic carbocycles. The maximum Gasteiger partial charge on any atom is 0.321 e. The van der Waals surface area contributed by atoms with Crippen LogP contribution in [0, 0.1) is 0 Å². The quantitative estimate of drug-likeness (QED) is 0.163. The molecular weight excluding hydrogens is 330 g/mol. The van der Waals surface area contributed by atoms with Gasteiger partial charge in [-0.1, -0.05) is 69.8 Å². The molecule has 0 aromatic carbocycles. The molecule has 0 spiro atoms. The topological polar surface area (TPSA) is 49.3 Å². The number of carboxylic acids is 1. The summed E-state index contributed by atoms with van der Waals surface area (Å²) in [6, 6.07) is -0.513. The zero-order valence-electron chi connectivity index (χ0n) is 16.1. The Bertz CT molecular complexity index is 356. The number of aliphatic carboxylic acids is 1. The molecule has 0 bridgehead atoms. The number of carbonyl (C=O) groups is 1. The van der Waals surface area contributed by atoms with Gasteiger partial charge in [0.15, 0.2) is 0 Å². The van der Waals surface area contributed by atoms with Crippen molar-refractivity contribution in [1.82, 2.24) is 5.32 Å². The van der Waals surface area contributed by atoms with E-state index in [9.17, 15) is 4.79 Å². The van der Waals surface area contributed by atoms with Crippen LogP contribution in [0.2, 0.25) is 0 Å². The van der Waals surface area contributed by atoms with E-state index in [-0.39, 0.29) is 0 Å². The van der Waals surface area contributed by atoms with Gasteiger partial charge in [0.2, 0.25) is 0 Å². The van der Waals surface area contributed by atoms with Gasteiger partial charge in [-0.15, -0.1) is 0 Å². The number of allylic oxidation sites excluding steroid dienone is 4. The van der Waals surface area contributed by atoms with Crippen LogP contribution in [0.3, 0.4) is 0 Å². The molecule has 0 unspecified atom stereocenters. The van der Waals surface area contributed by atoms with Gasteiger partial charge in [0.05, 0.1) is 0 Å². The van der Waals surface area contributed by atoms with E-state index in [2.05, 4.69) is 49.2 Å². The summed E-state index contributed by atoms with van der Waals surface area (Å²) in [6.07, 6.45) is 23.9. The van der Waals surface area contributed by atoms with E-state index in [4.69, 9.17) is 5.11 Å². The zero-order valence-corrected chi connectivity index (χ0v) is 17.0. The Labute approximate surface area is 160 Å². The number of hydrogen-bond donors (Lipinski definition) is 3. The van der Waals surface area contributed by atoms with E-state index in [0.29, 0.717) is 5.75 Å². The van der Waals surface area contributed by atoms with Gasteiger partial charge in [-0.2, -0.15) is 12.6 Å². The van der Waals surface area contributed by atoms with Crippen molar-refractivity contribution in [3.05, 3.63) is 24.3 Å². The minimum absolute atomic E-state index is 0.345. The first kappa shape index (κ1) is 24.3. The fourth-order valence-electron chi connectivity index (χ4n) is 2.62. The molecule has 0 aliphatic rings. The van der Waals surface area contributed by atoms with Gasteiger partial charge in [-0.3, -0.25) is 4.79 Å². The van der Waals surface area contributed by atoms with Crippen LogP contribution in [0.4, 0.5) is 0 Å². The van der Waals surface area contributed by atoms with Crippen molar-refractivity contribution in [3.8, 4) is 0 Å². The number of hydrogen-bond acceptors (Lipinski definition) is 3. The molecule has 3 nitrogen and oxygen atoms in total. The summed E-state index contributed by atoms with van der Waals surface area (Å²) in [7, 11) is 0. The molecule has 146 valence electrons. The van der Waals surface area contributed by atoms with Gasteiger partial charge in [-0.05, 0) is 45.1 Å². The van der Waals surface area contributed by atoms with Gasteiger partial charge >= 0.3 is 5.97 Å². The highest BCUT2D eigenvalue weighted by molar-refractivity contribution is 7.80. The molecule has 2 N–H and O–H groups in total. The van der Waals surface area contributed by atoms with E-state index < -0.39 is 12.0 Å². The van der Waals surface area contributed by atoms with E-state index >= 15 is 0 Å². The van der Waals surface area contributed by atoms with E-state index in [1.165, 1.54) is 64.2 Å². The molecule has 0 aliphatic heterocycles. The Balaban J connectivity index is 3.28. The van der Waals surface area contributed by atoms with E-state index in [1.54, 1.807) is 0 Å². The highest BCUT2D eigenvalue weighted by Gasteiger charge is 2.13. The first-order valence-electron chi connectivity index (χ1n) is 10.1. The summed E-state index contributed by atoms with van der Waals surface area (Å²) >= 11 is 4.04. The van der Waals surface area contributed by atoms with Crippen LogP contribution in [0.1, 0.15) is 84.0 Å². The Morgan fingerprint density at radius 1 is 0.920 bits per heavy atom. The van der Waals surface area contributed by atoms with Crippen molar-refractivity contribution in [2.75, 3.05) is 12.3 Å². The molecular formula is C21H39NO2S. The Morgan fingerprint density at radius 2 is 1.48 bits per heavy atom. The van der Waals surface area contributed by atoms with Crippen molar-refractivity contribution in [3.63, 3.8) is 0 Å². The van der Waals surface area contributed by atoms with Crippen molar-refractivity contribution in [2.24, 2.45) is 0 Å². The first-order valence-corrected chi connectivity index (χ1v) is 10.7. The van der Waals surface area contributed by atoms with Crippen LogP contribution in [0.5, 0.6) is 0 Å². The molecule has 0 aromatic rings. The van der Waals surface area contributed by atoms with Gasteiger partial charge < -0.3 is 10.4 Å². The SMILES string of the molecule is CCCCC/C=C\C/C=C\CCCCCCCCN[C@@H](CS)C(=O)O. The lowest BCUT2D eigenvalue weighted by molar-refractivity contribution is -0.138. The maximum absolute atomic E-state index is 10.8. The lowest BCUT2D eigenvalue weighted by Gasteiger charge is -2.11. The van der Waals surface area contributed by atoms with E-state index in [0.717, 1.165) is 19.4 Å². The summed E-state index contributed by atoms with van der Waals surface area (Å²) in [5.74, 6) is -0.465. The molecule has 1 atom stereocenters. The second kappa shape index (κ2) is 19.6. The number of rotatable bonds is 18. The molecule has 0 radical (unpaired) electrons.